The summed E-state index contributed by atoms with van der Waals surface area (Å²) in [6.45, 7) is 3.36. The highest BCUT2D eigenvalue weighted by molar-refractivity contribution is 7.90. The lowest BCUT2D eigenvalue weighted by Gasteiger charge is -2.25. The highest BCUT2D eigenvalue weighted by atomic mass is 35.5. The van der Waals surface area contributed by atoms with E-state index < -0.39 is 21.2 Å². The normalized spacial score (nSPS) is 12.4. The second-order valence-corrected chi connectivity index (χ2v) is 7.29. The average molecular weight is 291 g/mol. The molecule has 1 rings (SSSR count). The van der Waals surface area contributed by atoms with Gasteiger partial charge in [0.25, 0.3) is 0 Å². The highest BCUT2D eigenvalue weighted by Crippen LogP contribution is 2.34. The van der Waals surface area contributed by atoms with Crippen LogP contribution < -0.4 is 0 Å². The minimum atomic E-state index is -3.42. The van der Waals surface area contributed by atoms with E-state index in [1.165, 1.54) is 18.2 Å². The van der Waals surface area contributed by atoms with Crippen molar-refractivity contribution in [2.45, 2.75) is 30.6 Å². The Morgan fingerprint density at radius 1 is 1.39 bits per heavy atom. The number of aliphatic carboxylic acids is 1. The Kier molecular flexibility index (Phi) is 4.08. The Balaban J connectivity index is 3.47. The number of hydrogen-bond acceptors (Lipinski definition) is 3. The van der Waals surface area contributed by atoms with Crippen LogP contribution in [0, 0.1) is 0 Å². The van der Waals surface area contributed by atoms with E-state index in [4.69, 9.17) is 16.7 Å². The number of rotatable bonds is 4. The molecule has 0 unspecified atom stereocenters. The van der Waals surface area contributed by atoms with Crippen molar-refractivity contribution < 1.29 is 18.3 Å². The zero-order valence-corrected chi connectivity index (χ0v) is 12.0. The molecule has 0 amide bonds. The average Bonchev–Trinajstić information content (AvgIpc) is 2.13. The molecular formula is C12H15ClO4S. The van der Waals surface area contributed by atoms with Crippen LogP contribution in [0.15, 0.2) is 23.1 Å². The molecule has 1 aromatic rings. The summed E-state index contributed by atoms with van der Waals surface area (Å²) in [5, 5.41) is 9.28. The van der Waals surface area contributed by atoms with Crippen LogP contribution in [0.2, 0.25) is 5.02 Å². The van der Waals surface area contributed by atoms with Crippen LogP contribution in [-0.2, 0) is 20.0 Å². The molecule has 0 fully saturated rings. The number of sulfone groups is 1. The van der Waals surface area contributed by atoms with Crippen molar-refractivity contribution in [3.63, 3.8) is 0 Å². The van der Waals surface area contributed by atoms with Crippen molar-refractivity contribution in [3.05, 3.63) is 28.8 Å². The number of halogens is 1. The lowest BCUT2D eigenvalue weighted by molar-refractivity contribution is -0.138. The summed E-state index contributed by atoms with van der Waals surface area (Å²) in [5.74, 6) is -0.987. The molecule has 0 bridgehead atoms. The van der Waals surface area contributed by atoms with E-state index in [0.29, 0.717) is 10.6 Å². The Labute approximate surface area is 112 Å². The number of carbonyl (C=O) groups is 1. The van der Waals surface area contributed by atoms with Crippen molar-refractivity contribution in [2.75, 3.05) is 6.26 Å². The number of benzene rings is 1. The van der Waals surface area contributed by atoms with Crippen molar-refractivity contribution >= 4 is 27.4 Å². The van der Waals surface area contributed by atoms with E-state index in [0.717, 1.165) is 6.26 Å². The maximum atomic E-state index is 11.7. The lowest BCUT2D eigenvalue weighted by Crippen LogP contribution is -2.24. The van der Waals surface area contributed by atoms with Crippen LogP contribution in [0.25, 0.3) is 0 Å². The van der Waals surface area contributed by atoms with Gasteiger partial charge in [0.05, 0.1) is 11.3 Å². The Morgan fingerprint density at radius 3 is 2.39 bits per heavy atom. The van der Waals surface area contributed by atoms with Crippen LogP contribution in [0.3, 0.4) is 0 Å². The van der Waals surface area contributed by atoms with E-state index in [1.54, 1.807) is 13.8 Å². The smallest absolute Gasteiger partial charge is 0.304 e. The zero-order valence-electron chi connectivity index (χ0n) is 10.4. The van der Waals surface area contributed by atoms with Gasteiger partial charge in [-0.3, -0.25) is 4.79 Å². The van der Waals surface area contributed by atoms with E-state index in [9.17, 15) is 13.2 Å². The topological polar surface area (TPSA) is 71.4 Å². The molecule has 0 atom stereocenters. The fraction of sp³-hybridized carbons (Fsp3) is 0.417. The first-order chi connectivity index (χ1) is 8.04. The fourth-order valence-electron chi connectivity index (χ4n) is 1.83. The van der Waals surface area contributed by atoms with Crippen molar-refractivity contribution in [3.8, 4) is 0 Å². The predicted octanol–water partition coefficient (Wildman–Crippen LogP) is 2.50. The standard InChI is InChI=1S/C12H15ClO4S/c1-12(2,7-11(14)15)9-6-8(13)4-5-10(9)18(3,16)17/h4-6H,7H2,1-3H3,(H,14,15). The molecule has 1 aromatic carbocycles. The molecule has 0 spiro atoms. The van der Waals surface area contributed by atoms with Crippen LogP contribution in [0.5, 0.6) is 0 Å². The summed E-state index contributed by atoms with van der Waals surface area (Å²) in [7, 11) is -3.42. The zero-order chi connectivity index (χ0) is 14.1. The van der Waals surface area contributed by atoms with Gasteiger partial charge in [-0.1, -0.05) is 25.4 Å². The highest BCUT2D eigenvalue weighted by Gasteiger charge is 2.29. The number of carboxylic acid groups (broad SMARTS) is 1. The van der Waals surface area contributed by atoms with E-state index in [-0.39, 0.29) is 11.3 Å². The van der Waals surface area contributed by atoms with Gasteiger partial charge in [-0.05, 0) is 23.8 Å². The monoisotopic (exact) mass is 290 g/mol. The molecule has 6 heteroatoms. The van der Waals surface area contributed by atoms with Gasteiger partial charge in [0.1, 0.15) is 0 Å². The number of carboxylic acids is 1. The van der Waals surface area contributed by atoms with Gasteiger partial charge in [-0.2, -0.15) is 0 Å². The first kappa shape index (κ1) is 15.0. The van der Waals surface area contributed by atoms with Crippen molar-refractivity contribution in [1.29, 1.82) is 0 Å². The quantitative estimate of drug-likeness (QED) is 0.925. The largest absolute Gasteiger partial charge is 0.481 e. The van der Waals surface area contributed by atoms with E-state index in [1.807, 2.05) is 0 Å². The van der Waals surface area contributed by atoms with Gasteiger partial charge in [0, 0.05) is 16.7 Å². The molecule has 0 aliphatic carbocycles. The Bertz CT molecular complexity index is 576. The predicted molar refractivity (Wildman–Crippen MR) is 69.8 cm³/mol. The molecule has 0 radical (unpaired) electrons. The van der Waals surface area contributed by atoms with Gasteiger partial charge in [0.15, 0.2) is 9.84 Å². The minimum Gasteiger partial charge on any atom is -0.481 e. The molecule has 100 valence electrons. The van der Waals surface area contributed by atoms with Gasteiger partial charge in [-0.25, -0.2) is 8.42 Å². The molecule has 0 heterocycles. The molecule has 0 aromatic heterocycles. The Morgan fingerprint density at radius 2 is 1.94 bits per heavy atom. The van der Waals surface area contributed by atoms with Gasteiger partial charge < -0.3 is 5.11 Å². The third kappa shape index (κ3) is 3.46. The lowest BCUT2D eigenvalue weighted by atomic mass is 9.81. The third-order valence-electron chi connectivity index (χ3n) is 2.66. The molecule has 0 aliphatic heterocycles. The SMILES string of the molecule is CC(C)(CC(=O)O)c1cc(Cl)ccc1S(C)(=O)=O. The minimum absolute atomic E-state index is 0.123. The molecule has 0 aliphatic rings. The van der Waals surface area contributed by atoms with Crippen LogP contribution in [0.1, 0.15) is 25.8 Å². The first-order valence-corrected chi connectivity index (χ1v) is 7.53. The third-order valence-corrected chi connectivity index (χ3v) is 4.05. The molecule has 0 saturated carbocycles. The maximum absolute atomic E-state index is 11.7. The fourth-order valence-corrected chi connectivity index (χ4v) is 3.05. The molecule has 18 heavy (non-hydrogen) atoms. The molecular weight excluding hydrogens is 276 g/mol. The van der Waals surface area contributed by atoms with Crippen LogP contribution in [-0.4, -0.2) is 25.7 Å². The first-order valence-electron chi connectivity index (χ1n) is 5.26. The van der Waals surface area contributed by atoms with Crippen LogP contribution >= 0.6 is 11.6 Å². The molecule has 0 saturated heterocycles. The summed E-state index contributed by atoms with van der Waals surface area (Å²) < 4.78 is 23.4. The van der Waals surface area contributed by atoms with E-state index in [2.05, 4.69) is 0 Å². The summed E-state index contributed by atoms with van der Waals surface area (Å²) >= 11 is 5.87. The summed E-state index contributed by atoms with van der Waals surface area (Å²) in [5.41, 5.74) is -0.380. The summed E-state index contributed by atoms with van der Waals surface area (Å²) in [4.78, 5) is 11.0. The molecule has 4 nitrogen and oxygen atoms in total. The number of hydrogen-bond donors (Lipinski definition) is 1. The second-order valence-electron chi connectivity index (χ2n) is 4.87. The van der Waals surface area contributed by atoms with Crippen LogP contribution in [0.4, 0.5) is 0 Å². The van der Waals surface area contributed by atoms with Gasteiger partial charge in [0.2, 0.25) is 0 Å². The van der Waals surface area contributed by atoms with Gasteiger partial charge in [-0.15, -0.1) is 0 Å². The van der Waals surface area contributed by atoms with Crippen molar-refractivity contribution in [1.82, 2.24) is 0 Å². The van der Waals surface area contributed by atoms with Gasteiger partial charge >= 0.3 is 5.97 Å². The summed E-state index contributed by atoms with van der Waals surface area (Å²) in [6, 6.07) is 4.41. The van der Waals surface area contributed by atoms with Crippen molar-refractivity contribution in [2.24, 2.45) is 0 Å². The second kappa shape index (κ2) is 4.90. The summed E-state index contributed by atoms with van der Waals surface area (Å²) in [6.07, 6.45) is 0.923. The molecule has 1 N–H and O–H groups in total. The maximum Gasteiger partial charge on any atom is 0.304 e. The Hall–Kier alpha value is -1.07. The van der Waals surface area contributed by atoms with E-state index >= 15 is 0 Å².